The molecule has 2 heterocycles. The number of guanidine groups is 1. The molecule has 0 amide bonds. The summed E-state index contributed by atoms with van der Waals surface area (Å²) < 4.78 is 13.0. The van der Waals surface area contributed by atoms with Crippen LogP contribution in [0.4, 0.5) is 4.39 Å². The predicted molar refractivity (Wildman–Crippen MR) is 112 cm³/mol. The van der Waals surface area contributed by atoms with E-state index in [1.807, 2.05) is 25.1 Å². The van der Waals surface area contributed by atoms with Gasteiger partial charge in [0.15, 0.2) is 5.96 Å². The number of aromatic nitrogens is 2. The zero-order valence-corrected chi connectivity index (χ0v) is 17.5. The number of nitrogens with zero attached hydrogens (tertiary/aromatic N) is 4. The van der Waals surface area contributed by atoms with Gasteiger partial charge in [0.1, 0.15) is 11.6 Å². The summed E-state index contributed by atoms with van der Waals surface area (Å²) in [4.78, 5) is 15.2. The van der Waals surface area contributed by atoms with Crippen LogP contribution in [0.25, 0.3) is 0 Å². The molecule has 1 unspecified atom stereocenters. The zero-order chi connectivity index (χ0) is 17.6. The lowest BCUT2D eigenvalue weighted by Crippen LogP contribution is -2.39. The first kappa shape index (κ1) is 20.5. The molecule has 0 radical (unpaired) electrons. The molecule has 140 valence electrons. The molecule has 1 aliphatic heterocycles. The Balaban J connectivity index is 0.00000243. The monoisotopic (exact) mass is 469 g/mol. The molecule has 1 aromatic carbocycles. The van der Waals surface area contributed by atoms with Crippen molar-refractivity contribution in [2.45, 2.75) is 26.3 Å². The minimum atomic E-state index is -0.179. The minimum Gasteiger partial charge on any atom is -0.351 e. The van der Waals surface area contributed by atoms with Crippen molar-refractivity contribution in [3.05, 3.63) is 59.4 Å². The lowest BCUT2D eigenvalue weighted by Gasteiger charge is -2.21. The Labute approximate surface area is 171 Å². The third-order valence-electron chi connectivity index (χ3n) is 4.50. The fourth-order valence-corrected chi connectivity index (χ4v) is 3.25. The number of aryl methyl sites for hydroxylation is 1. The van der Waals surface area contributed by atoms with Gasteiger partial charge in [-0.2, -0.15) is 0 Å². The molecule has 1 N–H and O–H groups in total. The van der Waals surface area contributed by atoms with Gasteiger partial charge >= 0.3 is 0 Å². The summed E-state index contributed by atoms with van der Waals surface area (Å²) in [7, 11) is 1.81. The highest BCUT2D eigenvalue weighted by Crippen LogP contribution is 2.21. The number of aliphatic imine (C=N–C) groups is 1. The van der Waals surface area contributed by atoms with Crippen LogP contribution in [0.15, 0.2) is 41.5 Å². The summed E-state index contributed by atoms with van der Waals surface area (Å²) in [6.45, 7) is 4.46. The Hall–Kier alpha value is -1.77. The summed E-state index contributed by atoms with van der Waals surface area (Å²) in [6.07, 6.45) is 3.86. The van der Waals surface area contributed by atoms with Gasteiger partial charge in [-0.15, -0.1) is 24.0 Å². The maximum Gasteiger partial charge on any atom is 0.193 e. The van der Waals surface area contributed by atoms with Crippen LogP contribution in [0.3, 0.4) is 0 Å². The zero-order valence-electron chi connectivity index (χ0n) is 15.2. The third kappa shape index (κ3) is 5.62. The van der Waals surface area contributed by atoms with E-state index < -0.39 is 0 Å². The molecule has 0 saturated carbocycles. The van der Waals surface area contributed by atoms with E-state index in [-0.39, 0.29) is 29.8 Å². The van der Waals surface area contributed by atoms with Crippen LogP contribution in [0.5, 0.6) is 0 Å². The van der Waals surface area contributed by atoms with E-state index in [1.165, 1.54) is 17.7 Å². The number of likely N-dealkylation sites (tertiary alicyclic amines) is 1. The molecule has 1 saturated heterocycles. The highest BCUT2D eigenvalue weighted by Gasteiger charge is 2.25. The molecular weight excluding hydrogens is 444 g/mol. The van der Waals surface area contributed by atoms with Crippen molar-refractivity contribution in [1.82, 2.24) is 20.2 Å². The van der Waals surface area contributed by atoms with E-state index in [1.54, 1.807) is 13.2 Å². The van der Waals surface area contributed by atoms with Gasteiger partial charge in [-0.25, -0.2) is 14.4 Å². The lowest BCUT2D eigenvalue weighted by atomic mass is 9.99. The van der Waals surface area contributed by atoms with Crippen molar-refractivity contribution in [2.75, 3.05) is 20.1 Å². The predicted octanol–water partition coefficient (Wildman–Crippen LogP) is 3.18. The van der Waals surface area contributed by atoms with Crippen molar-refractivity contribution in [2.24, 2.45) is 10.9 Å². The summed E-state index contributed by atoms with van der Waals surface area (Å²) in [6, 6.07) is 8.73. The Morgan fingerprint density at radius 2 is 2.08 bits per heavy atom. The fourth-order valence-electron chi connectivity index (χ4n) is 3.25. The first-order chi connectivity index (χ1) is 12.1. The molecule has 1 aromatic heterocycles. The SMILES string of the molecule is CN=C(NCc1ccnc(C)n1)N1CCC(Cc2ccc(F)cc2)C1.I. The maximum atomic E-state index is 13.0. The van der Waals surface area contributed by atoms with Crippen molar-refractivity contribution in [1.29, 1.82) is 0 Å². The number of nitrogens with one attached hydrogen (secondary N) is 1. The molecule has 7 heteroatoms. The first-order valence-corrected chi connectivity index (χ1v) is 8.62. The molecular formula is C19H25FIN5. The molecule has 0 bridgehead atoms. The van der Waals surface area contributed by atoms with E-state index in [4.69, 9.17) is 0 Å². The van der Waals surface area contributed by atoms with Crippen molar-refractivity contribution in [3.63, 3.8) is 0 Å². The normalized spacial score (nSPS) is 17.1. The molecule has 1 atom stereocenters. The van der Waals surface area contributed by atoms with Crippen LogP contribution in [-0.2, 0) is 13.0 Å². The van der Waals surface area contributed by atoms with Gasteiger partial charge in [0.2, 0.25) is 0 Å². The largest absolute Gasteiger partial charge is 0.351 e. The quantitative estimate of drug-likeness (QED) is 0.425. The molecule has 5 nitrogen and oxygen atoms in total. The molecule has 1 aliphatic rings. The molecule has 26 heavy (non-hydrogen) atoms. The van der Waals surface area contributed by atoms with Gasteiger partial charge in [0.25, 0.3) is 0 Å². The van der Waals surface area contributed by atoms with Crippen LogP contribution in [-0.4, -0.2) is 41.0 Å². The highest BCUT2D eigenvalue weighted by atomic mass is 127. The summed E-state index contributed by atoms with van der Waals surface area (Å²) in [5.74, 6) is 2.05. The van der Waals surface area contributed by atoms with Crippen LogP contribution in [0.1, 0.15) is 23.5 Å². The second-order valence-electron chi connectivity index (χ2n) is 6.43. The topological polar surface area (TPSA) is 53.4 Å². The minimum absolute atomic E-state index is 0. The van der Waals surface area contributed by atoms with Gasteiger partial charge < -0.3 is 10.2 Å². The standard InChI is InChI=1S/C19H24FN5.HI/c1-14-22-9-7-18(24-14)12-23-19(21-2)25-10-8-16(13-25)11-15-3-5-17(20)6-4-15;/h3-7,9,16H,8,10-13H2,1-2H3,(H,21,23);1H. The Morgan fingerprint density at radius 1 is 1.31 bits per heavy atom. The Bertz CT molecular complexity index is 735. The summed E-state index contributed by atoms with van der Waals surface area (Å²) in [5, 5.41) is 3.38. The Morgan fingerprint density at radius 3 is 2.77 bits per heavy atom. The molecule has 2 aromatic rings. The van der Waals surface area contributed by atoms with Crippen LogP contribution >= 0.6 is 24.0 Å². The number of benzene rings is 1. The second-order valence-corrected chi connectivity index (χ2v) is 6.43. The average Bonchev–Trinajstić information content (AvgIpc) is 3.06. The molecule has 1 fully saturated rings. The molecule has 3 rings (SSSR count). The highest BCUT2D eigenvalue weighted by molar-refractivity contribution is 14.0. The van der Waals surface area contributed by atoms with Crippen LogP contribution in [0.2, 0.25) is 0 Å². The van der Waals surface area contributed by atoms with Crippen molar-refractivity contribution < 1.29 is 4.39 Å². The maximum absolute atomic E-state index is 13.0. The van der Waals surface area contributed by atoms with Crippen molar-refractivity contribution in [3.8, 4) is 0 Å². The van der Waals surface area contributed by atoms with E-state index in [2.05, 4.69) is 25.2 Å². The van der Waals surface area contributed by atoms with Gasteiger partial charge in [0.05, 0.1) is 12.2 Å². The number of rotatable bonds is 4. The molecule has 0 spiro atoms. The smallest absolute Gasteiger partial charge is 0.193 e. The van der Waals surface area contributed by atoms with Crippen LogP contribution in [0, 0.1) is 18.7 Å². The third-order valence-corrected chi connectivity index (χ3v) is 4.50. The number of hydrogen-bond donors (Lipinski definition) is 1. The van der Waals surface area contributed by atoms with Gasteiger partial charge in [0, 0.05) is 26.3 Å². The average molecular weight is 469 g/mol. The number of halogens is 2. The Kier molecular flexibility index (Phi) is 7.74. The first-order valence-electron chi connectivity index (χ1n) is 8.62. The van der Waals surface area contributed by atoms with Gasteiger partial charge in [-0.1, -0.05) is 12.1 Å². The van der Waals surface area contributed by atoms with E-state index in [9.17, 15) is 4.39 Å². The second kappa shape index (κ2) is 9.80. The fraction of sp³-hybridized carbons (Fsp3) is 0.421. The van der Waals surface area contributed by atoms with Gasteiger partial charge in [-0.05, 0) is 49.4 Å². The van der Waals surface area contributed by atoms with E-state index >= 15 is 0 Å². The van der Waals surface area contributed by atoms with E-state index in [0.29, 0.717) is 12.5 Å². The number of hydrogen-bond acceptors (Lipinski definition) is 3. The van der Waals surface area contributed by atoms with Crippen molar-refractivity contribution >= 4 is 29.9 Å². The lowest BCUT2D eigenvalue weighted by molar-refractivity contribution is 0.459. The summed E-state index contributed by atoms with van der Waals surface area (Å²) >= 11 is 0. The van der Waals surface area contributed by atoms with E-state index in [0.717, 1.165) is 43.4 Å². The summed E-state index contributed by atoms with van der Waals surface area (Å²) in [5.41, 5.74) is 2.14. The van der Waals surface area contributed by atoms with Gasteiger partial charge in [-0.3, -0.25) is 4.99 Å². The molecule has 0 aliphatic carbocycles. The van der Waals surface area contributed by atoms with Crippen LogP contribution < -0.4 is 5.32 Å².